The molecule has 0 unspecified atom stereocenters. The summed E-state index contributed by atoms with van der Waals surface area (Å²) in [5.74, 6) is -0.0957. The van der Waals surface area contributed by atoms with Gasteiger partial charge in [-0.1, -0.05) is 18.2 Å². The van der Waals surface area contributed by atoms with Gasteiger partial charge in [0, 0.05) is 31.5 Å². The maximum absolute atomic E-state index is 12.7. The van der Waals surface area contributed by atoms with E-state index in [2.05, 4.69) is 15.4 Å². The number of urea groups is 1. The number of nitrogens with one attached hydrogen (secondary N) is 1. The molecule has 0 bridgehead atoms. The van der Waals surface area contributed by atoms with Gasteiger partial charge in [0.1, 0.15) is 0 Å². The van der Waals surface area contributed by atoms with Crippen LogP contribution in [0.5, 0.6) is 0 Å². The molecular weight excluding hydrogens is 374 g/mol. The molecule has 28 heavy (non-hydrogen) atoms. The third kappa shape index (κ3) is 3.25. The van der Waals surface area contributed by atoms with Crippen molar-refractivity contribution < 1.29 is 9.59 Å². The molecule has 0 spiro atoms. The first-order valence-corrected chi connectivity index (χ1v) is 9.42. The molecule has 4 rings (SSSR count). The molecule has 3 aromatic heterocycles. The van der Waals surface area contributed by atoms with Crippen LogP contribution in [-0.2, 0) is 0 Å². The molecule has 7 nitrogen and oxygen atoms in total. The average molecular weight is 391 g/mol. The first kappa shape index (κ1) is 17.9. The lowest BCUT2D eigenvalue weighted by Crippen LogP contribution is -2.27. The maximum Gasteiger partial charge on any atom is 0.321 e. The Kier molecular flexibility index (Phi) is 4.62. The summed E-state index contributed by atoms with van der Waals surface area (Å²) < 4.78 is 1.65. The number of hydrogen-bond donors (Lipinski definition) is 1. The van der Waals surface area contributed by atoms with E-state index in [4.69, 9.17) is 0 Å². The number of thiophene rings is 1. The van der Waals surface area contributed by atoms with Gasteiger partial charge in [0.15, 0.2) is 5.65 Å². The number of rotatable bonds is 4. The van der Waals surface area contributed by atoms with E-state index >= 15 is 0 Å². The van der Waals surface area contributed by atoms with Crippen LogP contribution in [0.3, 0.4) is 0 Å². The molecule has 2 amide bonds. The molecule has 0 radical (unpaired) electrons. The van der Waals surface area contributed by atoms with Crippen LogP contribution < -0.4 is 5.32 Å². The molecule has 0 aliphatic rings. The molecule has 3 heterocycles. The zero-order valence-electron chi connectivity index (χ0n) is 15.3. The average Bonchev–Trinajstić information content (AvgIpc) is 3.37. The number of nitrogens with zero attached hydrogens (tertiary/aromatic N) is 4. The SMILES string of the molecule is CN(C)C(=O)Nc1cccc(-c2ccnc3c(C(=O)c4cccs4)cnn23)c1. The first-order chi connectivity index (χ1) is 13.5. The number of anilines is 1. The number of carbonyl (C=O) groups is 2. The molecular formula is C20H17N5O2S. The van der Waals surface area contributed by atoms with Crippen LogP contribution in [0.4, 0.5) is 10.5 Å². The smallest absolute Gasteiger partial charge is 0.321 e. The van der Waals surface area contributed by atoms with Gasteiger partial charge in [-0.05, 0) is 29.6 Å². The largest absolute Gasteiger partial charge is 0.331 e. The van der Waals surface area contributed by atoms with Crippen LogP contribution in [0.15, 0.2) is 60.2 Å². The Balaban J connectivity index is 1.74. The fraction of sp³-hybridized carbons (Fsp3) is 0.100. The van der Waals surface area contributed by atoms with E-state index in [0.29, 0.717) is 21.8 Å². The fourth-order valence-corrected chi connectivity index (χ4v) is 3.48. The summed E-state index contributed by atoms with van der Waals surface area (Å²) in [5, 5.41) is 9.08. The molecule has 140 valence electrons. The Hall–Kier alpha value is -3.52. The van der Waals surface area contributed by atoms with Gasteiger partial charge in [-0.2, -0.15) is 5.10 Å². The van der Waals surface area contributed by atoms with Crippen molar-refractivity contribution in [1.82, 2.24) is 19.5 Å². The summed E-state index contributed by atoms with van der Waals surface area (Å²) >= 11 is 1.39. The van der Waals surface area contributed by atoms with Gasteiger partial charge in [-0.25, -0.2) is 14.3 Å². The third-order valence-corrected chi connectivity index (χ3v) is 5.08. The fourth-order valence-electron chi connectivity index (χ4n) is 2.80. The molecule has 1 aromatic carbocycles. The highest BCUT2D eigenvalue weighted by Gasteiger charge is 2.18. The lowest BCUT2D eigenvalue weighted by molar-refractivity contribution is 0.104. The standard InChI is InChI=1S/C20H17N5O2S/c1-24(2)20(27)23-14-6-3-5-13(11-14)16-8-9-21-19-15(12-22-25(16)19)18(26)17-7-4-10-28-17/h3-12H,1-2H3,(H,23,27). The number of fused-ring (bicyclic) bond motifs is 1. The second-order valence-electron chi connectivity index (χ2n) is 6.34. The van der Waals surface area contributed by atoms with Gasteiger partial charge >= 0.3 is 6.03 Å². The van der Waals surface area contributed by atoms with Crippen LogP contribution in [0, 0.1) is 0 Å². The molecule has 0 saturated heterocycles. The second-order valence-corrected chi connectivity index (χ2v) is 7.28. The highest BCUT2D eigenvalue weighted by atomic mass is 32.1. The van der Waals surface area contributed by atoms with Crippen LogP contribution in [0.2, 0.25) is 0 Å². The van der Waals surface area contributed by atoms with Crippen LogP contribution in [0.1, 0.15) is 15.2 Å². The van der Waals surface area contributed by atoms with E-state index in [-0.39, 0.29) is 11.8 Å². The lowest BCUT2D eigenvalue weighted by atomic mass is 10.1. The minimum Gasteiger partial charge on any atom is -0.331 e. The van der Waals surface area contributed by atoms with Gasteiger partial charge in [0.2, 0.25) is 5.78 Å². The summed E-state index contributed by atoms with van der Waals surface area (Å²) in [4.78, 5) is 31.1. The van der Waals surface area contributed by atoms with E-state index in [1.807, 2.05) is 41.8 Å². The summed E-state index contributed by atoms with van der Waals surface area (Å²) in [6.07, 6.45) is 3.20. The number of benzene rings is 1. The van der Waals surface area contributed by atoms with E-state index in [9.17, 15) is 9.59 Å². The maximum atomic E-state index is 12.7. The highest BCUT2D eigenvalue weighted by molar-refractivity contribution is 7.12. The van der Waals surface area contributed by atoms with Gasteiger partial charge in [0.05, 0.1) is 22.3 Å². The summed E-state index contributed by atoms with van der Waals surface area (Å²) in [6, 6.07) is 12.7. The Morgan fingerprint density at radius 3 is 2.75 bits per heavy atom. The van der Waals surface area contributed by atoms with Crippen molar-refractivity contribution in [3.63, 3.8) is 0 Å². The lowest BCUT2D eigenvalue weighted by Gasteiger charge is -2.13. The normalized spacial score (nSPS) is 10.8. The zero-order chi connectivity index (χ0) is 19.7. The quantitative estimate of drug-likeness (QED) is 0.537. The number of hydrogen-bond acceptors (Lipinski definition) is 5. The van der Waals surface area contributed by atoms with E-state index in [0.717, 1.165) is 11.3 Å². The molecule has 8 heteroatoms. The second kappa shape index (κ2) is 7.24. The van der Waals surface area contributed by atoms with Crippen molar-refractivity contribution >= 4 is 34.5 Å². The van der Waals surface area contributed by atoms with Crippen molar-refractivity contribution in [1.29, 1.82) is 0 Å². The number of amides is 2. The van der Waals surface area contributed by atoms with Crippen molar-refractivity contribution in [3.05, 3.63) is 70.7 Å². The van der Waals surface area contributed by atoms with Gasteiger partial charge in [0.25, 0.3) is 0 Å². The Morgan fingerprint density at radius 1 is 1.14 bits per heavy atom. The van der Waals surface area contributed by atoms with Crippen molar-refractivity contribution in [2.45, 2.75) is 0 Å². The molecule has 0 saturated carbocycles. The molecule has 1 N–H and O–H groups in total. The minimum atomic E-state index is -0.208. The monoisotopic (exact) mass is 391 g/mol. The first-order valence-electron chi connectivity index (χ1n) is 8.54. The van der Waals surface area contributed by atoms with Crippen molar-refractivity contribution in [2.24, 2.45) is 0 Å². The Labute approximate surface area is 165 Å². The molecule has 0 fully saturated rings. The predicted molar refractivity (Wildman–Crippen MR) is 109 cm³/mol. The highest BCUT2D eigenvalue weighted by Crippen LogP contribution is 2.25. The number of aromatic nitrogens is 3. The van der Waals surface area contributed by atoms with E-state index in [1.165, 1.54) is 16.2 Å². The molecule has 0 aliphatic carbocycles. The van der Waals surface area contributed by atoms with Crippen LogP contribution in [0.25, 0.3) is 16.9 Å². The van der Waals surface area contributed by atoms with Gasteiger partial charge in [-0.3, -0.25) is 4.79 Å². The summed E-state index contributed by atoms with van der Waals surface area (Å²) in [7, 11) is 3.36. The Bertz CT molecular complexity index is 1160. The predicted octanol–water partition coefficient (Wildman–Crippen LogP) is 3.78. The third-order valence-electron chi connectivity index (χ3n) is 4.21. The van der Waals surface area contributed by atoms with Gasteiger partial charge < -0.3 is 10.2 Å². The van der Waals surface area contributed by atoms with Crippen molar-refractivity contribution in [2.75, 3.05) is 19.4 Å². The molecule has 0 aliphatic heterocycles. The minimum absolute atomic E-state index is 0.0957. The molecule has 0 atom stereocenters. The number of carbonyl (C=O) groups excluding carboxylic acids is 2. The van der Waals surface area contributed by atoms with E-state index in [1.54, 1.807) is 37.1 Å². The summed E-state index contributed by atoms with van der Waals surface area (Å²) in [5.41, 5.74) is 3.25. The summed E-state index contributed by atoms with van der Waals surface area (Å²) in [6.45, 7) is 0. The van der Waals surface area contributed by atoms with Crippen LogP contribution in [-0.4, -0.2) is 45.4 Å². The van der Waals surface area contributed by atoms with Crippen LogP contribution >= 0.6 is 11.3 Å². The van der Waals surface area contributed by atoms with E-state index < -0.39 is 0 Å². The van der Waals surface area contributed by atoms with Crippen molar-refractivity contribution in [3.8, 4) is 11.3 Å². The zero-order valence-corrected chi connectivity index (χ0v) is 16.1. The van der Waals surface area contributed by atoms with Gasteiger partial charge in [-0.15, -0.1) is 11.3 Å². The topological polar surface area (TPSA) is 79.6 Å². The molecule has 4 aromatic rings. The Morgan fingerprint density at radius 2 is 2.00 bits per heavy atom. The number of ketones is 1.